The Kier molecular flexibility index (Phi) is 6.16. The van der Waals surface area contributed by atoms with E-state index in [2.05, 4.69) is 5.32 Å². The van der Waals surface area contributed by atoms with Crippen LogP contribution in [-0.4, -0.2) is 43.2 Å². The highest BCUT2D eigenvalue weighted by Gasteiger charge is 2.44. The highest BCUT2D eigenvalue weighted by atomic mass is 32.2. The minimum absolute atomic E-state index is 0.0198. The summed E-state index contributed by atoms with van der Waals surface area (Å²) in [5.41, 5.74) is 0.623. The zero-order valence-corrected chi connectivity index (χ0v) is 16.8. The van der Waals surface area contributed by atoms with Crippen molar-refractivity contribution in [2.24, 2.45) is 0 Å². The summed E-state index contributed by atoms with van der Waals surface area (Å²) in [6, 6.07) is 8.64. The van der Waals surface area contributed by atoms with Crippen LogP contribution in [0, 0.1) is 5.82 Å². The first-order chi connectivity index (χ1) is 14.2. The third-order valence-corrected chi connectivity index (χ3v) is 6.34. The number of nitrogens with one attached hydrogen (secondary N) is 1. The van der Waals surface area contributed by atoms with Gasteiger partial charge in [0.25, 0.3) is 10.0 Å². The number of amides is 2. The number of nitrogens with zero attached hydrogens (tertiary/aromatic N) is 1. The van der Waals surface area contributed by atoms with Crippen molar-refractivity contribution >= 4 is 33.5 Å². The number of halogens is 1. The van der Waals surface area contributed by atoms with Crippen molar-refractivity contribution in [3.8, 4) is 0 Å². The Morgan fingerprint density at radius 1 is 1.13 bits per heavy atom. The summed E-state index contributed by atoms with van der Waals surface area (Å²) in [5, 5.41) is 2.56. The van der Waals surface area contributed by atoms with Crippen molar-refractivity contribution in [3.63, 3.8) is 0 Å². The molecule has 0 aromatic heterocycles. The van der Waals surface area contributed by atoms with Gasteiger partial charge in [-0.25, -0.2) is 21.9 Å². The molecule has 1 heterocycles. The highest BCUT2D eigenvalue weighted by molar-refractivity contribution is 7.89. The highest BCUT2D eigenvalue weighted by Crippen LogP contribution is 2.28. The Balaban J connectivity index is 1.79. The Morgan fingerprint density at radius 3 is 2.37 bits per heavy atom. The van der Waals surface area contributed by atoms with E-state index < -0.39 is 39.7 Å². The number of hydrogen-bond acceptors (Lipinski definition) is 6. The van der Waals surface area contributed by atoms with Gasteiger partial charge in [-0.05, 0) is 61.9 Å². The number of rotatable bonds is 6. The molecule has 0 spiro atoms. The van der Waals surface area contributed by atoms with Crippen molar-refractivity contribution in [2.75, 3.05) is 11.9 Å². The molecule has 1 aliphatic rings. The maximum atomic E-state index is 13.1. The van der Waals surface area contributed by atoms with Crippen LogP contribution in [0.15, 0.2) is 53.4 Å². The maximum absolute atomic E-state index is 13.1. The van der Waals surface area contributed by atoms with Crippen LogP contribution in [-0.2, 0) is 24.3 Å². The number of benzene rings is 2. The van der Waals surface area contributed by atoms with E-state index in [0.717, 1.165) is 24.3 Å². The predicted molar refractivity (Wildman–Crippen MR) is 104 cm³/mol. The van der Waals surface area contributed by atoms with E-state index in [4.69, 9.17) is 4.74 Å². The van der Waals surface area contributed by atoms with Crippen LogP contribution in [0.25, 0.3) is 0 Å². The fourth-order valence-corrected chi connectivity index (χ4v) is 4.65. The second-order valence-electron chi connectivity index (χ2n) is 6.49. The molecule has 1 N–H and O–H groups in total. The van der Waals surface area contributed by atoms with Crippen LogP contribution in [0.4, 0.5) is 10.1 Å². The van der Waals surface area contributed by atoms with Gasteiger partial charge in [0.1, 0.15) is 11.9 Å². The normalized spacial score (nSPS) is 16.4. The lowest BCUT2D eigenvalue weighted by molar-refractivity contribution is -0.128. The van der Waals surface area contributed by atoms with Crippen LogP contribution in [0.2, 0.25) is 0 Å². The summed E-state index contributed by atoms with van der Waals surface area (Å²) in [5.74, 6) is -2.52. The Bertz CT molecular complexity index is 1070. The number of esters is 1. The predicted octanol–water partition coefficient (Wildman–Crippen LogP) is 2.32. The number of hydrogen-bond donors (Lipinski definition) is 1. The molecule has 8 nitrogen and oxygen atoms in total. The molecule has 3 rings (SSSR count). The molecule has 1 saturated heterocycles. The molecule has 0 unspecified atom stereocenters. The van der Waals surface area contributed by atoms with Crippen LogP contribution in [0.1, 0.15) is 30.1 Å². The molecule has 0 bridgehead atoms. The molecule has 0 saturated carbocycles. The van der Waals surface area contributed by atoms with Gasteiger partial charge >= 0.3 is 5.97 Å². The summed E-state index contributed by atoms with van der Waals surface area (Å²) >= 11 is 0. The van der Waals surface area contributed by atoms with Crippen molar-refractivity contribution in [2.45, 2.75) is 30.7 Å². The molecule has 2 aromatic carbocycles. The lowest BCUT2D eigenvalue weighted by atomic mass is 10.2. The monoisotopic (exact) mass is 434 g/mol. The maximum Gasteiger partial charge on any atom is 0.338 e. The molecular formula is C20H19FN2O6S. The zero-order valence-electron chi connectivity index (χ0n) is 16.0. The number of sulfonamides is 1. The van der Waals surface area contributed by atoms with Crippen molar-refractivity contribution in [1.82, 2.24) is 4.31 Å². The largest absolute Gasteiger partial charge is 0.462 e. The quantitative estimate of drug-likeness (QED) is 0.699. The molecule has 158 valence electrons. The lowest BCUT2D eigenvalue weighted by Crippen LogP contribution is -2.45. The summed E-state index contributed by atoms with van der Waals surface area (Å²) in [4.78, 5) is 36.4. The summed E-state index contributed by atoms with van der Waals surface area (Å²) in [6.07, 6.45) is -0.0910. The fraction of sp³-hybridized carbons (Fsp3) is 0.250. The first kappa shape index (κ1) is 21.4. The van der Waals surface area contributed by atoms with Gasteiger partial charge in [-0.3, -0.25) is 9.59 Å². The van der Waals surface area contributed by atoms with Gasteiger partial charge in [-0.2, -0.15) is 0 Å². The van der Waals surface area contributed by atoms with Crippen molar-refractivity contribution < 1.29 is 31.9 Å². The summed E-state index contributed by atoms with van der Waals surface area (Å²) in [6.45, 7) is 1.91. The van der Waals surface area contributed by atoms with Crippen LogP contribution in [0.5, 0.6) is 0 Å². The molecule has 0 radical (unpaired) electrons. The Hall–Kier alpha value is -3.27. The van der Waals surface area contributed by atoms with Gasteiger partial charge in [-0.1, -0.05) is 0 Å². The molecule has 2 aromatic rings. The second kappa shape index (κ2) is 8.62. The van der Waals surface area contributed by atoms with Gasteiger partial charge in [0, 0.05) is 12.1 Å². The Labute approximate surface area is 172 Å². The van der Waals surface area contributed by atoms with Crippen LogP contribution >= 0.6 is 0 Å². The van der Waals surface area contributed by atoms with Gasteiger partial charge in [0.15, 0.2) is 0 Å². The molecule has 1 aliphatic heterocycles. The van der Waals surface area contributed by atoms with Gasteiger partial charge in [0.2, 0.25) is 11.8 Å². The van der Waals surface area contributed by atoms with Gasteiger partial charge in [-0.15, -0.1) is 0 Å². The molecule has 2 amide bonds. The summed E-state index contributed by atoms with van der Waals surface area (Å²) < 4.78 is 44.3. The van der Waals surface area contributed by atoms with E-state index >= 15 is 0 Å². The summed E-state index contributed by atoms with van der Waals surface area (Å²) in [7, 11) is -4.32. The molecule has 30 heavy (non-hydrogen) atoms. The first-order valence-corrected chi connectivity index (χ1v) is 10.6. The average molecular weight is 434 g/mol. The van der Waals surface area contributed by atoms with Crippen molar-refractivity contribution in [1.29, 1.82) is 0 Å². The standard InChI is InChI=1S/C20H19FN2O6S/c1-2-29-20(26)13-3-7-15(8-4-13)22-19(25)17-11-12-18(24)23(17)30(27,28)16-9-5-14(21)6-10-16/h3-10,17H,2,11-12H2,1H3,(H,22,25)/t17-/m0/s1. The van der Waals surface area contributed by atoms with E-state index in [-0.39, 0.29) is 24.3 Å². The second-order valence-corrected chi connectivity index (χ2v) is 8.30. The van der Waals surface area contributed by atoms with Crippen LogP contribution < -0.4 is 5.32 Å². The van der Waals surface area contributed by atoms with E-state index in [1.54, 1.807) is 6.92 Å². The first-order valence-electron chi connectivity index (χ1n) is 9.15. The lowest BCUT2D eigenvalue weighted by Gasteiger charge is -2.23. The van der Waals surface area contributed by atoms with E-state index in [9.17, 15) is 27.2 Å². The third kappa shape index (κ3) is 4.33. The molecule has 1 fully saturated rings. The Morgan fingerprint density at radius 2 is 1.77 bits per heavy atom. The molecule has 10 heteroatoms. The van der Waals surface area contributed by atoms with Crippen LogP contribution in [0.3, 0.4) is 0 Å². The SMILES string of the molecule is CCOC(=O)c1ccc(NC(=O)[C@@H]2CCC(=O)N2S(=O)(=O)c2ccc(F)cc2)cc1. The smallest absolute Gasteiger partial charge is 0.338 e. The number of carbonyl (C=O) groups is 3. The average Bonchev–Trinajstić information content (AvgIpc) is 3.11. The number of carbonyl (C=O) groups excluding carboxylic acids is 3. The topological polar surface area (TPSA) is 110 Å². The fourth-order valence-electron chi connectivity index (χ4n) is 3.05. The number of ether oxygens (including phenoxy) is 1. The van der Waals surface area contributed by atoms with Gasteiger partial charge in [0.05, 0.1) is 17.1 Å². The van der Waals surface area contributed by atoms with Crippen molar-refractivity contribution in [3.05, 3.63) is 59.9 Å². The molecule has 0 aliphatic carbocycles. The van der Waals surface area contributed by atoms with Gasteiger partial charge < -0.3 is 10.1 Å². The minimum Gasteiger partial charge on any atom is -0.462 e. The minimum atomic E-state index is -4.32. The van der Waals surface area contributed by atoms with E-state index in [1.165, 1.54) is 24.3 Å². The third-order valence-electron chi connectivity index (χ3n) is 4.50. The number of anilines is 1. The van der Waals surface area contributed by atoms with E-state index in [1.807, 2.05) is 0 Å². The molecule has 1 atom stereocenters. The molecular weight excluding hydrogens is 415 g/mol. The van der Waals surface area contributed by atoms with E-state index in [0.29, 0.717) is 15.6 Å². The zero-order chi connectivity index (χ0) is 21.9.